The first-order valence-corrected chi connectivity index (χ1v) is 10.8. The highest BCUT2D eigenvalue weighted by Crippen LogP contribution is 2.20. The minimum absolute atomic E-state index is 0.0127. The number of amides is 2. The molecule has 3 heterocycles. The van der Waals surface area contributed by atoms with Crippen molar-refractivity contribution >= 4 is 11.8 Å². The van der Waals surface area contributed by atoms with Gasteiger partial charge in [-0.2, -0.15) is 0 Å². The van der Waals surface area contributed by atoms with Crippen LogP contribution < -0.4 is 0 Å². The van der Waals surface area contributed by atoms with E-state index in [1.807, 2.05) is 25.8 Å². The van der Waals surface area contributed by atoms with Crippen molar-refractivity contribution in [1.29, 1.82) is 0 Å². The van der Waals surface area contributed by atoms with E-state index < -0.39 is 0 Å². The highest BCUT2D eigenvalue weighted by Gasteiger charge is 2.32. The smallest absolute Gasteiger partial charge is 0.272 e. The molecule has 7 heteroatoms. The Balaban J connectivity index is 1.63. The molecule has 0 spiro atoms. The monoisotopic (exact) mass is 389 g/mol. The number of rotatable bonds is 7. The molecule has 2 amide bonds. The van der Waals surface area contributed by atoms with Crippen LogP contribution >= 0.6 is 0 Å². The van der Waals surface area contributed by atoms with Gasteiger partial charge in [0.25, 0.3) is 5.91 Å². The average molecular weight is 390 g/mol. The number of hydrogen-bond donors (Lipinski definition) is 0. The van der Waals surface area contributed by atoms with Crippen molar-refractivity contribution in [2.24, 2.45) is 13.0 Å². The van der Waals surface area contributed by atoms with Crippen molar-refractivity contribution in [3.63, 3.8) is 0 Å². The zero-order valence-electron chi connectivity index (χ0n) is 17.6. The predicted molar refractivity (Wildman–Crippen MR) is 109 cm³/mol. The molecule has 7 nitrogen and oxygen atoms in total. The first kappa shape index (κ1) is 20.8. The zero-order valence-corrected chi connectivity index (χ0v) is 17.6. The molecule has 1 aromatic rings. The van der Waals surface area contributed by atoms with Gasteiger partial charge >= 0.3 is 0 Å². The van der Waals surface area contributed by atoms with Gasteiger partial charge in [-0.1, -0.05) is 13.8 Å². The van der Waals surface area contributed by atoms with Gasteiger partial charge in [-0.25, -0.2) is 4.98 Å². The molecule has 0 aromatic carbocycles. The number of imidazole rings is 1. The number of carbonyl (C=O) groups excluding carboxylic acids is 2. The SMILES string of the molecule is CC(C)C(=O)N(CCCN1CCCC1)C1CCCN(C(=O)c2cncn2C)C1. The molecule has 2 aliphatic rings. The highest BCUT2D eigenvalue weighted by atomic mass is 16.2. The second-order valence-electron chi connectivity index (χ2n) is 8.53. The summed E-state index contributed by atoms with van der Waals surface area (Å²) in [6, 6.07) is 0.111. The van der Waals surface area contributed by atoms with Crippen molar-refractivity contribution in [3.05, 3.63) is 18.2 Å². The third-order valence-corrected chi connectivity index (χ3v) is 6.01. The second-order valence-corrected chi connectivity index (χ2v) is 8.53. The van der Waals surface area contributed by atoms with Crippen LogP contribution in [0, 0.1) is 5.92 Å². The van der Waals surface area contributed by atoms with Gasteiger partial charge in [0.15, 0.2) is 0 Å². The van der Waals surface area contributed by atoms with Crippen LogP contribution in [-0.4, -0.2) is 81.4 Å². The van der Waals surface area contributed by atoms with E-state index in [1.165, 1.54) is 25.9 Å². The van der Waals surface area contributed by atoms with Gasteiger partial charge in [0.05, 0.1) is 12.5 Å². The quantitative estimate of drug-likeness (QED) is 0.716. The van der Waals surface area contributed by atoms with Crippen molar-refractivity contribution in [2.45, 2.75) is 52.0 Å². The topological polar surface area (TPSA) is 61.7 Å². The number of piperidine rings is 1. The molecule has 1 unspecified atom stereocenters. The zero-order chi connectivity index (χ0) is 20.1. The molecule has 156 valence electrons. The number of nitrogens with zero attached hydrogens (tertiary/aromatic N) is 5. The van der Waals surface area contributed by atoms with Gasteiger partial charge in [-0.05, 0) is 51.7 Å². The fraction of sp³-hybridized carbons (Fsp3) is 0.762. The molecule has 1 aromatic heterocycles. The molecule has 2 saturated heterocycles. The Hall–Kier alpha value is -1.89. The predicted octanol–water partition coefficient (Wildman–Crippen LogP) is 2.00. The summed E-state index contributed by atoms with van der Waals surface area (Å²) in [6.45, 7) is 9.53. The minimum atomic E-state index is -0.0186. The van der Waals surface area contributed by atoms with E-state index in [9.17, 15) is 9.59 Å². The van der Waals surface area contributed by atoms with Gasteiger partial charge in [-0.15, -0.1) is 0 Å². The first-order valence-electron chi connectivity index (χ1n) is 10.8. The van der Waals surface area contributed by atoms with Crippen molar-refractivity contribution < 1.29 is 9.59 Å². The Morgan fingerprint density at radius 1 is 1.21 bits per heavy atom. The van der Waals surface area contributed by atoms with Crippen LogP contribution in [-0.2, 0) is 11.8 Å². The van der Waals surface area contributed by atoms with Crippen LogP contribution in [0.3, 0.4) is 0 Å². The van der Waals surface area contributed by atoms with Crippen molar-refractivity contribution in [1.82, 2.24) is 24.3 Å². The largest absolute Gasteiger partial charge is 0.338 e. The van der Waals surface area contributed by atoms with Crippen LogP contribution in [0.1, 0.15) is 56.4 Å². The molecule has 2 aliphatic heterocycles. The summed E-state index contributed by atoms with van der Waals surface area (Å²) in [4.78, 5) is 36.3. The Kier molecular flexibility index (Phi) is 7.10. The van der Waals surface area contributed by atoms with Crippen LogP contribution in [0.5, 0.6) is 0 Å². The number of aryl methyl sites for hydroxylation is 1. The van der Waals surface area contributed by atoms with Crippen LogP contribution in [0.4, 0.5) is 0 Å². The lowest BCUT2D eigenvalue weighted by atomic mass is 10.0. The molecule has 1 atom stereocenters. The van der Waals surface area contributed by atoms with Gasteiger partial charge < -0.3 is 19.3 Å². The van der Waals surface area contributed by atoms with Crippen LogP contribution in [0.2, 0.25) is 0 Å². The second kappa shape index (κ2) is 9.54. The minimum Gasteiger partial charge on any atom is -0.338 e. The van der Waals surface area contributed by atoms with Gasteiger partial charge in [0, 0.05) is 38.6 Å². The molecule has 28 heavy (non-hydrogen) atoms. The molecule has 0 N–H and O–H groups in total. The van der Waals surface area contributed by atoms with E-state index in [-0.39, 0.29) is 23.8 Å². The lowest BCUT2D eigenvalue weighted by Gasteiger charge is -2.40. The van der Waals surface area contributed by atoms with Crippen LogP contribution in [0.15, 0.2) is 12.5 Å². The maximum absolute atomic E-state index is 12.9. The Bertz CT molecular complexity index is 666. The summed E-state index contributed by atoms with van der Waals surface area (Å²) >= 11 is 0. The number of aromatic nitrogens is 2. The fourth-order valence-corrected chi connectivity index (χ4v) is 4.39. The van der Waals surface area contributed by atoms with Gasteiger partial charge in [0.1, 0.15) is 5.69 Å². The average Bonchev–Trinajstić information content (AvgIpc) is 3.36. The molecular formula is C21H35N5O2. The Labute approximate surface area is 168 Å². The van der Waals surface area contributed by atoms with Crippen molar-refractivity contribution in [3.8, 4) is 0 Å². The standard InChI is InChI=1S/C21H35N5O2/c1-17(2)20(27)26(13-7-11-24-9-4-5-10-24)18-8-6-12-25(15-18)21(28)19-14-22-16-23(19)3/h14,16-18H,4-13,15H2,1-3H3. The molecular weight excluding hydrogens is 354 g/mol. The summed E-state index contributed by atoms with van der Waals surface area (Å²) in [5.41, 5.74) is 0.608. The summed E-state index contributed by atoms with van der Waals surface area (Å²) < 4.78 is 1.76. The summed E-state index contributed by atoms with van der Waals surface area (Å²) in [7, 11) is 1.84. The lowest BCUT2D eigenvalue weighted by molar-refractivity contribution is -0.138. The molecule has 3 rings (SSSR count). The summed E-state index contributed by atoms with van der Waals surface area (Å²) in [6.07, 6.45) is 8.77. The molecule has 2 fully saturated rings. The van der Waals surface area contributed by atoms with E-state index >= 15 is 0 Å². The lowest BCUT2D eigenvalue weighted by Crippen LogP contribution is -2.53. The Morgan fingerprint density at radius 3 is 2.61 bits per heavy atom. The van der Waals surface area contributed by atoms with Gasteiger partial charge in [0.2, 0.25) is 5.91 Å². The summed E-state index contributed by atoms with van der Waals surface area (Å²) in [5.74, 6) is 0.204. The van der Waals surface area contributed by atoms with E-state index in [0.29, 0.717) is 12.2 Å². The third kappa shape index (κ3) is 4.93. The van der Waals surface area contributed by atoms with E-state index in [0.717, 1.165) is 38.9 Å². The van der Waals surface area contributed by atoms with Crippen molar-refractivity contribution in [2.75, 3.05) is 39.3 Å². The number of hydrogen-bond acceptors (Lipinski definition) is 4. The molecule has 0 aliphatic carbocycles. The van der Waals surface area contributed by atoms with E-state index in [2.05, 4.69) is 14.8 Å². The maximum Gasteiger partial charge on any atom is 0.272 e. The van der Waals surface area contributed by atoms with E-state index in [4.69, 9.17) is 0 Å². The highest BCUT2D eigenvalue weighted by molar-refractivity contribution is 5.92. The number of carbonyl (C=O) groups is 2. The number of likely N-dealkylation sites (tertiary alicyclic amines) is 2. The fourth-order valence-electron chi connectivity index (χ4n) is 4.39. The van der Waals surface area contributed by atoms with Gasteiger partial charge in [-0.3, -0.25) is 9.59 Å². The molecule has 0 saturated carbocycles. The maximum atomic E-state index is 12.9. The van der Waals surface area contributed by atoms with Crippen LogP contribution in [0.25, 0.3) is 0 Å². The Morgan fingerprint density at radius 2 is 1.96 bits per heavy atom. The molecule has 0 bridgehead atoms. The first-order chi connectivity index (χ1) is 13.5. The summed E-state index contributed by atoms with van der Waals surface area (Å²) in [5, 5.41) is 0. The molecule has 0 radical (unpaired) electrons. The normalized spacial score (nSPS) is 20.7. The third-order valence-electron chi connectivity index (χ3n) is 6.01. The van der Waals surface area contributed by atoms with E-state index in [1.54, 1.807) is 17.1 Å².